The van der Waals surface area contributed by atoms with Crippen molar-refractivity contribution in [1.29, 1.82) is 0 Å². The van der Waals surface area contributed by atoms with Gasteiger partial charge in [0.2, 0.25) is 0 Å². The van der Waals surface area contributed by atoms with Crippen LogP contribution in [0.4, 0.5) is 0 Å². The molecule has 6 heteroatoms. The van der Waals surface area contributed by atoms with E-state index in [0.29, 0.717) is 19.3 Å². The molecule has 0 aliphatic carbocycles. The Bertz CT molecular complexity index is 889. The molecule has 0 heterocycles. The minimum Gasteiger partial charge on any atom is -0.463 e. The van der Waals surface area contributed by atoms with Gasteiger partial charge in [-0.25, -0.2) is 0 Å². The predicted molar refractivity (Wildman–Crippen MR) is 216 cm³/mol. The van der Waals surface area contributed by atoms with Gasteiger partial charge in [-0.1, -0.05) is 172 Å². The molecular weight excluding hydrogens is 636 g/mol. The zero-order valence-electron chi connectivity index (χ0n) is 33.4. The molecule has 0 spiro atoms. The zero-order valence-corrected chi connectivity index (χ0v) is 33.4. The van der Waals surface area contributed by atoms with E-state index >= 15 is 0 Å². The van der Waals surface area contributed by atoms with Gasteiger partial charge < -0.3 is 19.7 Å². The molecule has 296 valence electrons. The monoisotopic (exact) mass is 717 g/mol. The van der Waals surface area contributed by atoms with Crippen LogP contribution in [0.2, 0.25) is 0 Å². The van der Waals surface area contributed by atoms with Crippen molar-refractivity contribution in [2.75, 3.05) is 13.2 Å². The van der Waals surface area contributed by atoms with E-state index in [0.717, 1.165) is 70.1 Å². The fraction of sp³-hybridized carbons (Fsp3) is 0.778. The topological polar surface area (TPSA) is 93.1 Å². The van der Waals surface area contributed by atoms with Crippen molar-refractivity contribution in [3.8, 4) is 0 Å². The first kappa shape index (κ1) is 48.8. The highest BCUT2D eigenvalue weighted by Crippen LogP contribution is 2.15. The number of carbonyl (C=O) groups excluding carboxylic acids is 2. The lowest BCUT2D eigenvalue weighted by Gasteiger charge is -2.12. The van der Waals surface area contributed by atoms with Crippen molar-refractivity contribution in [1.82, 2.24) is 0 Å². The standard InChI is InChI=1S/C45H80O6/c1-4-42(46)36-32-28-24-20-16-12-9-10-14-18-22-26-30-34-38-45(49)51-40-43(47)39-50-44(48)37-33-29-25-21-17-13-8-6-5-7-11-15-19-23-27-31-35-41(2)3/h10,12,14,16,22,24,26,28,41-43,46-47H,4-9,11,13,15,17-21,23,25,27,29-40H2,1-3H3/b14-10-,16-12-,26-22-,28-24-/t42-,43-/m0/s1. The van der Waals surface area contributed by atoms with Crippen LogP contribution in [0.1, 0.15) is 194 Å². The highest BCUT2D eigenvalue weighted by molar-refractivity contribution is 5.69. The van der Waals surface area contributed by atoms with E-state index in [1.165, 1.54) is 89.9 Å². The smallest absolute Gasteiger partial charge is 0.305 e. The number of hydrogen-bond acceptors (Lipinski definition) is 6. The fourth-order valence-corrected chi connectivity index (χ4v) is 5.77. The number of esters is 2. The molecule has 0 saturated heterocycles. The first-order valence-electron chi connectivity index (χ1n) is 21.1. The van der Waals surface area contributed by atoms with Crippen molar-refractivity contribution >= 4 is 11.9 Å². The van der Waals surface area contributed by atoms with Gasteiger partial charge in [0.05, 0.1) is 6.10 Å². The highest BCUT2D eigenvalue weighted by Gasteiger charge is 2.12. The molecule has 6 nitrogen and oxygen atoms in total. The first-order chi connectivity index (χ1) is 24.8. The number of aliphatic hydroxyl groups is 2. The second-order valence-electron chi connectivity index (χ2n) is 14.7. The van der Waals surface area contributed by atoms with Crippen molar-refractivity contribution in [3.63, 3.8) is 0 Å². The predicted octanol–water partition coefficient (Wildman–Crippen LogP) is 12.2. The van der Waals surface area contributed by atoms with Crippen LogP contribution in [0.3, 0.4) is 0 Å². The van der Waals surface area contributed by atoms with Gasteiger partial charge in [-0.2, -0.15) is 0 Å². The lowest BCUT2D eigenvalue weighted by Crippen LogP contribution is -2.25. The molecule has 0 rings (SSSR count). The molecule has 0 amide bonds. The summed E-state index contributed by atoms with van der Waals surface area (Å²) in [5.74, 6) is 0.211. The van der Waals surface area contributed by atoms with Crippen LogP contribution < -0.4 is 0 Å². The number of allylic oxidation sites excluding steroid dienone is 8. The average molecular weight is 717 g/mol. The maximum Gasteiger partial charge on any atom is 0.305 e. The molecule has 2 atom stereocenters. The van der Waals surface area contributed by atoms with Crippen molar-refractivity contribution < 1.29 is 29.3 Å². The average Bonchev–Trinajstić information content (AvgIpc) is 3.12. The van der Waals surface area contributed by atoms with E-state index in [1.807, 2.05) is 6.92 Å². The Labute approximate surface area is 314 Å². The fourth-order valence-electron chi connectivity index (χ4n) is 5.77. The molecule has 0 aromatic carbocycles. The largest absolute Gasteiger partial charge is 0.463 e. The minimum atomic E-state index is -0.995. The van der Waals surface area contributed by atoms with Crippen LogP contribution in [0.15, 0.2) is 48.6 Å². The summed E-state index contributed by atoms with van der Waals surface area (Å²) < 4.78 is 10.3. The van der Waals surface area contributed by atoms with Gasteiger partial charge >= 0.3 is 11.9 Å². The number of ether oxygens (including phenoxy) is 2. The second kappa shape index (κ2) is 39.0. The SMILES string of the molecule is CC[C@H](O)CC/C=C\C/C=C\C/C=C\C/C=C\CCCC(=O)OC[C@@H](O)COC(=O)CCCCCCCCCCCCCCCCCCC(C)C. The van der Waals surface area contributed by atoms with Crippen LogP contribution >= 0.6 is 0 Å². The van der Waals surface area contributed by atoms with Gasteiger partial charge in [-0.3, -0.25) is 9.59 Å². The minimum absolute atomic E-state index is 0.140. The van der Waals surface area contributed by atoms with Crippen LogP contribution in [0.25, 0.3) is 0 Å². The van der Waals surface area contributed by atoms with E-state index in [2.05, 4.69) is 62.5 Å². The molecule has 2 N–H and O–H groups in total. The van der Waals surface area contributed by atoms with Crippen molar-refractivity contribution in [2.45, 2.75) is 206 Å². The van der Waals surface area contributed by atoms with Crippen molar-refractivity contribution in [2.24, 2.45) is 5.92 Å². The Morgan fingerprint density at radius 2 is 0.843 bits per heavy atom. The Kier molecular flexibility index (Phi) is 37.4. The maximum absolute atomic E-state index is 12.0. The summed E-state index contributed by atoms with van der Waals surface area (Å²) in [6.45, 7) is 6.34. The lowest BCUT2D eigenvalue weighted by molar-refractivity contribution is -0.152. The quantitative estimate of drug-likeness (QED) is 0.0378. The number of unbranched alkanes of at least 4 members (excludes halogenated alkanes) is 16. The molecule has 0 aromatic heterocycles. The van der Waals surface area contributed by atoms with Gasteiger partial charge in [0.25, 0.3) is 0 Å². The van der Waals surface area contributed by atoms with Gasteiger partial charge in [-0.15, -0.1) is 0 Å². The summed E-state index contributed by atoms with van der Waals surface area (Å²) in [4.78, 5) is 24.0. The Morgan fingerprint density at radius 3 is 1.27 bits per heavy atom. The van der Waals surface area contributed by atoms with Gasteiger partial charge in [0, 0.05) is 12.8 Å². The molecule has 0 unspecified atom stereocenters. The third-order valence-corrected chi connectivity index (χ3v) is 9.16. The molecule has 0 aliphatic rings. The summed E-state index contributed by atoms with van der Waals surface area (Å²) in [6.07, 6.45) is 45.5. The summed E-state index contributed by atoms with van der Waals surface area (Å²) in [7, 11) is 0. The molecular formula is C45H80O6. The van der Waals surface area contributed by atoms with Gasteiger partial charge in [0.15, 0.2) is 0 Å². The highest BCUT2D eigenvalue weighted by atomic mass is 16.6. The Balaban J connectivity index is 3.51. The third kappa shape index (κ3) is 40.4. The molecule has 0 saturated carbocycles. The van der Waals surface area contributed by atoms with E-state index in [1.54, 1.807) is 0 Å². The number of aliphatic hydroxyl groups excluding tert-OH is 2. The number of carbonyl (C=O) groups is 2. The summed E-state index contributed by atoms with van der Waals surface area (Å²) in [6, 6.07) is 0. The molecule has 0 aliphatic heterocycles. The summed E-state index contributed by atoms with van der Waals surface area (Å²) in [5, 5.41) is 19.5. The van der Waals surface area contributed by atoms with Crippen molar-refractivity contribution in [3.05, 3.63) is 48.6 Å². The molecule has 0 radical (unpaired) electrons. The second-order valence-corrected chi connectivity index (χ2v) is 14.7. The normalized spacial score (nSPS) is 13.4. The molecule has 0 fully saturated rings. The Morgan fingerprint density at radius 1 is 0.471 bits per heavy atom. The third-order valence-electron chi connectivity index (χ3n) is 9.16. The summed E-state index contributed by atoms with van der Waals surface area (Å²) in [5.41, 5.74) is 0. The lowest BCUT2D eigenvalue weighted by atomic mass is 10.0. The maximum atomic E-state index is 12.0. The van der Waals surface area contributed by atoms with E-state index in [-0.39, 0.29) is 31.3 Å². The van der Waals surface area contributed by atoms with E-state index in [9.17, 15) is 19.8 Å². The molecule has 51 heavy (non-hydrogen) atoms. The van der Waals surface area contributed by atoms with Crippen LogP contribution in [0.5, 0.6) is 0 Å². The van der Waals surface area contributed by atoms with E-state index in [4.69, 9.17) is 9.47 Å². The number of rotatable bonds is 37. The first-order valence-corrected chi connectivity index (χ1v) is 21.1. The Hall–Kier alpha value is -2.18. The van der Waals surface area contributed by atoms with Crippen LogP contribution in [-0.2, 0) is 19.1 Å². The van der Waals surface area contributed by atoms with Gasteiger partial charge in [0.1, 0.15) is 19.3 Å². The van der Waals surface area contributed by atoms with Crippen LogP contribution in [-0.4, -0.2) is 47.6 Å². The van der Waals surface area contributed by atoms with Crippen LogP contribution in [0, 0.1) is 5.92 Å². The summed E-state index contributed by atoms with van der Waals surface area (Å²) >= 11 is 0. The number of hydrogen-bond donors (Lipinski definition) is 2. The van der Waals surface area contributed by atoms with E-state index < -0.39 is 6.10 Å². The zero-order chi connectivity index (χ0) is 37.5. The molecule has 0 aromatic rings. The molecule has 0 bridgehead atoms. The van der Waals surface area contributed by atoms with Gasteiger partial charge in [-0.05, 0) is 63.7 Å².